The number of nitrogens with one attached hydrogen (secondary N) is 2. The topological polar surface area (TPSA) is 82.6 Å². The highest BCUT2D eigenvalue weighted by molar-refractivity contribution is 7.71. The molecule has 1 aliphatic heterocycles. The number of aromatic amines is 2. The Bertz CT molecular complexity index is 802. The van der Waals surface area contributed by atoms with E-state index in [2.05, 4.69) is 27.3 Å². The Morgan fingerprint density at radius 2 is 2.12 bits per heavy atom. The van der Waals surface area contributed by atoms with E-state index in [9.17, 15) is 4.79 Å². The Balaban J connectivity index is 1.51. The summed E-state index contributed by atoms with van der Waals surface area (Å²) < 4.78 is 2.67. The van der Waals surface area contributed by atoms with Gasteiger partial charge in [0.15, 0.2) is 4.77 Å². The first-order valence-electron chi connectivity index (χ1n) is 8.67. The van der Waals surface area contributed by atoms with Crippen LogP contribution in [0.5, 0.6) is 0 Å². The maximum atomic E-state index is 12.8. The van der Waals surface area contributed by atoms with E-state index in [1.54, 1.807) is 0 Å². The molecule has 128 valence electrons. The van der Waals surface area contributed by atoms with Crippen LogP contribution in [0.3, 0.4) is 0 Å². The van der Waals surface area contributed by atoms with Gasteiger partial charge in [-0.2, -0.15) is 10.2 Å². The molecule has 1 saturated heterocycles. The number of hydrogen-bond acceptors (Lipinski definition) is 4. The van der Waals surface area contributed by atoms with Crippen LogP contribution in [-0.2, 0) is 6.54 Å². The van der Waals surface area contributed by atoms with Gasteiger partial charge in [-0.3, -0.25) is 15.0 Å². The fourth-order valence-corrected chi connectivity index (χ4v) is 3.80. The Labute approximate surface area is 145 Å². The molecule has 1 saturated carbocycles. The Kier molecular flexibility index (Phi) is 3.99. The second-order valence-electron chi connectivity index (χ2n) is 6.70. The number of H-pyrrole nitrogens is 2. The Morgan fingerprint density at radius 3 is 2.88 bits per heavy atom. The van der Waals surface area contributed by atoms with Gasteiger partial charge >= 0.3 is 0 Å². The summed E-state index contributed by atoms with van der Waals surface area (Å²) in [5.41, 5.74) is 1.63. The number of nitrogens with zero attached hydrogens (tertiary/aromatic N) is 4. The number of likely N-dealkylation sites (tertiary alicyclic amines) is 1. The third-order valence-corrected chi connectivity index (χ3v) is 5.32. The standard InChI is InChI=1S/C16H22N6OS/c1-2-22-14(19-20-16(22)24)11-4-3-7-21(9-11)15(23)13-8-12(17-18-13)10-5-6-10/h8,10-11H,2-7,9H2,1H3,(H,17,18)(H,20,24)/t11-/m1/s1. The lowest BCUT2D eigenvalue weighted by Crippen LogP contribution is -2.40. The monoisotopic (exact) mass is 346 g/mol. The highest BCUT2D eigenvalue weighted by atomic mass is 32.1. The molecule has 2 aromatic heterocycles. The van der Waals surface area contributed by atoms with Crippen molar-refractivity contribution < 1.29 is 4.79 Å². The molecule has 2 aromatic rings. The molecule has 8 heteroatoms. The summed E-state index contributed by atoms with van der Waals surface area (Å²) in [6.45, 7) is 4.30. The molecule has 0 radical (unpaired) electrons. The second kappa shape index (κ2) is 6.16. The van der Waals surface area contributed by atoms with Gasteiger partial charge in [-0.1, -0.05) is 0 Å². The second-order valence-corrected chi connectivity index (χ2v) is 7.09. The molecule has 7 nitrogen and oxygen atoms in total. The molecule has 1 aliphatic carbocycles. The number of carbonyl (C=O) groups is 1. The molecule has 0 unspecified atom stereocenters. The van der Waals surface area contributed by atoms with Crippen molar-refractivity contribution >= 4 is 18.1 Å². The van der Waals surface area contributed by atoms with Crippen molar-refractivity contribution in [3.63, 3.8) is 0 Å². The molecule has 0 bridgehead atoms. The number of carbonyl (C=O) groups excluding carboxylic acids is 1. The van der Waals surface area contributed by atoms with Gasteiger partial charge in [0.2, 0.25) is 0 Å². The molecular weight excluding hydrogens is 324 g/mol. The van der Waals surface area contributed by atoms with Crippen molar-refractivity contribution in [1.82, 2.24) is 29.9 Å². The predicted molar refractivity (Wildman–Crippen MR) is 91.5 cm³/mol. The van der Waals surface area contributed by atoms with Crippen molar-refractivity contribution in [1.29, 1.82) is 0 Å². The van der Waals surface area contributed by atoms with E-state index in [1.807, 2.05) is 15.5 Å². The lowest BCUT2D eigenvalue weighted by atomic mass is 9.97. The molecule has 4 rings (SSSR count). The summed E-state index contributed by atoms with van der Waals surface area (Å²) in [6.07, 6.45) is 4.39. The van der Waals surface area contributed by atoms with Gasteiger partial charge in [0.25, 0.3) is 5.91 Å². The van der Waals surface area contributed by atoms with Gasteiger partial charge in [0.1, 0.15) is 11.5 Å². The highest BCUT2D eigenvalue weighted by Crippen LogP contribution is 2.39. The number of piperidine rings is 1. The largest absolute Gasteiger partial charge is 0.337 e. The summed E-state index contributed by atoms with van der Waals surface area (Å²) in [5, 5.41) is 14.5. The average Bonchev–Trinajstić information content (AvgIpc) is 3.22. The predicted octanol–water partition coefficient (Wildman–Crippen LogP) is 2.58. The molecule has 1 amide bonds. The third-order valence-electron chi connectivity index (χ3n) is 5.01. The van der Waals surface area contributed by atoms with Crippen LogP contribution in [-0.4, -0.2) is 48.9 Å². The van der Waals surface area contributed by atoms with Gasteiger partial charge in [-0.15, -0.1) is 0 Å². The van der Waals surface area contributed by atoms with Gasteiger partial charge < -0.3 is 9.47 Å². The van der Waals surface area contributed by atoms with Gasteiger partial charge in [0, 0.05) is 37.2 Å². The number of rotatable bonds is 4. The van der Waals surface area contributed by atoms with E-state index >= 15 is 0 Å². The molecule has 3 heterocycles. The minimum absolute atomic E-state index is 0.0139. The molecule has 24 heavy (non-hydrogen) atoms. The SMILES string of the molecule is CCn1c([C@@H]2CCCN(C(=O)c3cc(C4CC4)[nH]n3)C2)n[nH]c1=S. The van der Waals surface area contributed by atoms with Crippen LogP contribution in [0.25, 0.3) is 0 Å². The number of amides is 1. The van der Waals surface area contributed by atoms with E-state index in [-0.39, 0.29) is 11.8 Å². The third kappa shape index (κ3) is 2.79. The van der Waals surface area contributed by atoms with Crippen LogP contribution in [0.1, 0.15) is 66.4 Å². The van der Waals surface area contributed by atoms with Crippen molar-refractivity contribution in [3.8, 4) is 0 Å². The smallest absolute Gasteiger partial charge is 0.274 e. The number of aromatic nitrogens is 5. The molecule has 2 fully saturated rings. The van der Waals surface area contributed by atoms with Gasteiger partial charge in [-0.25, -0.2) is 0 Å². The fourth-order valence-electron chi connectivity index (χ4n) is 3.53. The maximum absolute atomic E-state index is 12.8. The van der Waals surface area contributed by atoms with Crippen LogP contribution >= 0.6 is 12.2 Å². The highest BCUT2D eigenvalue weighted by Gasteiger charge is 2.31. The molecule has 1 atom stereocenters. The first kappa shape index (κ1) is 15.6. The van der Waals surface area contributed by atoms with Crippen LogP contribution in [0.4, 0.5) is 0 Å². The van der Waals surface area contributed by atoms with Crippen molar-refractivity contribution in [2.45, 2.75) is 51.0 Å². The van der Waals surface area contributed by atoms with Crippen molar-refractivity contribution in [2.75, 3.05) is 13.1 Å². The average molecular weight is 346 g/mol. The Hall–Kier alpha value is -1.96. The first-order chi connectivity index (χ1) is 11.7. The zero-order valence-electron chi connectivity index (χ0n) is 13.8. The lowest BCUT2D eigenvalue weighted by molar-refractivity contribution is 0.0697. The van der Waals surface area contributed by atoms with E-state index in [1.165, 1.54) is 12.8 Å². The molecular formula is C16H22N6OS. The minimum atomic E-state index is 0.0139. The Morgan fingerprint density at radius 1 is 1.29 bits per heavy atom. The van der Waals surface area contributed by atoms with Crippen LogP contribution in [0.15, 0.2) is 6.07 Å². The maximum Gasteiger partial charge on any atom is 0.274 e. The summed E-state index contributed by atoms with van der Waals surface area (Å²) in [4.78, 5) is 14.7. The van der Waals surface area contributed by atoms with E-state index in [0.29, 0.717) is 22.9 Å². The number of hydrogen-bond donors (Lipinski definition) is 2. The van der Waals surface area contributed by atoms with E-state index in [4.69, 9.17) is 12.2 Å². The van der Waals surface area contributed by atoms with Gasteiger partial charge in [0.05, 0.1) is 0 Å². The molecule has 0 spiro atoms. The molecule has 2 aliphatic rings. The zero-order chi connectivity index (χ0) is 16.7. The summed E-state index contributed by atoms with van der Waals surface area (Å²) in [6, 6.07) is 1.92. The summed E-state index contributed by atoms with van der Waals surface area (Å²) >= 11 is 5.28. The van der Waals surface area contributed by atoms with E-state index < -0.39 is 0 Å². The quantitative estimate of drug-likeness (QED) is 0.834. The lowest BCUT2D eigenvalue weighted by Gasteiger charge is -2.31. The summed E-state index contributed by atoms with van der Waals surface area (Å²) in [5.74, 6) is 1.77. The van der Waals surface area contributed by atoms with Crippen LogP contribution in [0, 0.1) is 4.77 Å². The summed E-state index contributed by atoms with van der Waals surface area (Å²) in [7, 11) is 0. The molecule has 2 N–H and O–H groups in total. The minimum Gasteiger partial charge on any atom is -0.337 e. The normalized spacial score (nSPS) is 21.2. The van der Waals surface area contributed by atoms with Crippen molar-refractivity contribution in [2.24, 2.45) is 0 Å². The fraction of sp³-hybridized carbons (Fsp3) is 0.625. The first-order valence-corrected chi connectivity index (χ1v) is 9.08. The van der Waals surface area contributed by atoms with Gasteiger partial charge in [-0.05, 0) is 50.9 Å². The van der Waals surface area contributed by atoms with E-state index in [0.717, 1.165) is 37.4 Å². The van der Waals surface area contributed by atoms with Crippen molar-refractivity contribution in [3.05, 3.63) is 28.0 Å². The van der Waals surface area contributed by atoms with Crippen LogP contribution in [0.2, 0.25) is 0 Å². The van der Waals surface area contributed by atoms with Crippen LogP contribution < -0.4 is 0 Å². The molecule has 0 aromatic carbocycles. The zero-order valence-corrected chi connectivity index (χ0v) is 14.6.